The van der Waals surface area contributed by atoms with Gasteiger partial charge < -0.3 is 4.57 Å². The first-order chi connectivity index (χ1) is 16.0. The Morgan fingerprint density at radius 2 is 1.73 bits per heavy atom. The zero-order valence-electron chi connectivity index (χ0n) is 18.2. The van der Waals surface area contributed by atoms with Crippen molar-refractivity contribution in [3.8, 4) is 11.4 Å². The fourth-order valence-corrected chi connectivity index (χ4v) is 6.71. The largest absolute Gasteiger partial charge is 0.309 e. The van der Waals surface area contributed by atoms with Crippen molar-refractivity contribution in [1.29, 1.82) is 0 Å². The van der Waals surface area contributed by atoms with E-state index in [0.717, 1.165) is 52.6 Å². The molecule has 2 aromatic carbocycles. The molecule has 7 nitrogen and oxygen atoms in total. The van der Waals surface area contributed by atoms with E-state index in [4.69, 9.17) is 0 Å². The Bertz CT molecular complexity index is 1480. The summed E-state index contributed by atoms with van der Waals surface area (Å²) in [5, 5.41) is 8.97. The van der Waals surface area contributed by atoms with Gasteiger partial charge in [0.25, 0.3) is 0 Å². The molecule has 0 amide bonds. The van der Waals surface area contributed by atoms with Crippen molar-refractivity contribution in [3.63, 3.8) is 0 Å². The van der Waals surface area contributed by atoms with Gasteiger partial charge in [0.05, 0.1) is 23.2 Å². The first-order valence-electron chi connectivity index (χ1n) is 11.0. The first kappa shape index (κ1) is 20.3. The minimum absolute atomic E-state index is 0.0191. The summed E-state index contributed by atoms with van der Waals surface area (Å²) in [7, 11) is -3.43. The molecular formula is C25H23N5O2S. The smallest absolute Gasteiger partial charge is 0.182 e. The van der Waals surface area contributed by atoms with E-state index in [2.05, 4.69) is 36.8 Å². The zero-order chi connectivity index (χ0) is 22.6. The third-order valence-electron chi connectivity index (χ3n) is 6.52. The van der Waals surface area contributed by atoms with E-state index in [0.29, 0.717) is 11.4 Å². The SMILES string of the molecule is Cc1cncc(-c2nnc3n2CCN(C2c4ccccc4CS(=O)(=O)c4ccccc42)C3)c1. The van der Waals surface area contributed by atoms with Crippen molar-refractivity contribution >= 4 is 9.84 Å². The quantitative estimate of drug-likeness (QED) is 0.458. The topological polar surface area (TPSA) is 81.0 Å². The zero-order valence-corrected chi connectivity index (χ0v) is 19.0. The van der Waals surface area contributed by atoms with Crippen LogP contribution in [0.2, 0.25) is 0 Å². The maximum atomic E-state index is 13.2. The lowest BCUT2D eigenvalue weighted by Gasteiger charge is -2.36. The second-order valence-corrected chi connectivity index (χ2v) is 10.7. The summed E-state index contributed by atoms with van der Waals surface area (Å²) >= 11 is 0. The molecule has 0 N–H and O–H groups in total. The van der Waals surface area contributed by atoms with Gasteiger partial charge in [-0.15, -0.1) is 10.2 Å². The summed E-state index contributed by atoms with van der Waals surface area (Å²) in [6, 6.07) is 17.2. The Balaban J connectivity index is 1.44. The highest BCUT2D eigenvalue weighted by Crippen LogP contribution is 2.41. The normalized spacial score (nSPS) is 19.2. The molecule has 1 unspecified atom stereocenters. The molecule has 0 fully saturated rings. The first-order valence-corrected chi connectivity index (χ1v) is 12.6. The number of rotatable bonds is 2. The lowest BCUT2D eigenvalue weighted by Crippen LogP contribution is -2.37. The van der Waals surface area contributed by atoms with Gasteiger partial charge in [0.15, 0.2) is 15.7 Å². The molecule has 0 spiro atoms. The number of sulfone groups is 1. The van der Waals surface area contributed by atoms with Gasteiger partial charge in [0.2, 0.25) is 0 Å². The van der Waals surface area contributed by atoms with Crippen molar-refractivity contribution in [1.82, 2.24) is 24.6 Å². The molecule has 0 saturated carbocycles. The Hall–Kier alpha value is -3.36. The van der Waals surface area contributed by atoms with Crippen molar-refractivity contribution in [2.24, 2.45) is 0 Å². The van der Waals surface area contributed by atoms with E-state index in [1.807, 2.05) is 49.6 Å². The average molecular weight is 458 g/mol. The third-order valence-corrected chi connectivity index (χ3v) is 8.26. The van der Waals surface area contributed by atoms with Crippen LogP contribution < -0.4 is 0 Å². The van der Waals surface area contributed by atoms with Gasteiger partial charge in [-0.25, -0.2) is 8.42 Å². The third kappa shape index (κ3) is 3.37. The van der Waals surface area contributed by atoms with Gasteiger partial charge >= 0.3 is 0 Å². The molecule has 0 radical (unpaired) electrons. The number of hydrogen-bond donors (Lipinski definition) is 0. The van der Waals surface area contributed by atoms with Gasteiger partial charge in [-0.1, -0.05) is 42.5 Å². The van der Waals surface area contributed by atoms with Gasteiger partial charge in [-0.2, -0.15) is 0 Å². The van der Waals surface area contributed by atoms with Crippen LogP contribution in [0.1, 0.15) is 34.1 Å². The summed E-state index contributed by atoms with van der Waals surface area (Å²) in [6.07, 6.45) is 3.65. The highest BCUT2D eigenvalue weighted by atomic mass is 32.2. The second-order valence-electron chi connectivity index (χ2n) is 8.71. The van der Waals surface area contributed by atoms with Crippen LogP contribution in [-0.4, -0.2) is 39.6 Å². The van der Waals surface area contributed by atoms with Crippen molar-refractivity contribution < 1.29 is 8.42 Å². The summed E-state index contributed by atoms with van der Waals surface area (Å²) in [5.41, 5.74) is 4.77. The molecule has 6 rings (SSSR count). The molecule has 4 heterocycles. The number of benzene rings is 2. The van der Waals surface area contributed by atoms with Gasteiger partial charge in [0.1, 0.15) is 5.82 Å². The van der Waals surface area contributed by atoms with Crippen molar-refractivity contribution in [2.75, 3.05) is 6.54 Å². The van der Waals surface area contributed by atoms with Crippen LogP contribution in [0.15, 0.2) is 71.9 Å². The van der Waals surface area contributed by atoms with E-state index in [1.165, 1.54) is 0 Å². The lowest BCUT2D eigenvalue weighted by atomic mass is 9.93. The van der Waals surface area contributed by atoms with Crippen LogP contribution in [0.4, 0.5) is 0 Å². The number of fused-ring (bicyclic) bond motifs is 3. The number of aromatic nitrogens is 4. The highest BCUT2D eigenvalue weighted by molar-refractivity contribution is 7.90. The van der Waals surface area contributed by atoms with Gasteiger partial charge in [0, 0.05) is 31.0 Å². The molecule has 0 saturated heterocycles. The molecule has 166 valence electrons. The predicted molar refractivity (Wildman–Crippen MR) is 124 cm³/mol. The molecule has 8 heteroatoms. The monoisotopic (exact) mass is 457 g/mol. The number of hydrogen-bond acceptors (Lipinski definition) is 6. The fraction of sp³-hybridized carbons (Fsp3) is 0.240. The maximum Gasteiger partial charge on any atom is 0.182 e. The van der Waals surface area contributed by atoms with Gasteiger partial charge in [-0.05, 0) is 41.3 Å². The van der Waals surface area contributed by atoms with Crippen LogP contribution in [0.5, 0.6) is 0 Å². The van der Waals surface area contributed by atoms with Gasteiger partial charge in [-0.3, -0.25) is 9.88 Å². The summed E-state index contributed by atoms with van der Waals surface area (Å²) in [5.74, 6) is 1.72. The lowest BCUT2D eigenvalue weighted by molar-refractivity contribution is 0.174. The average Bonchev–Trinajstić information content (AvgIpc) is 3.20. The molecular weight excluding hydrogens is 434 g/mol. The second kappa shape index (κ2) is 7.60. The summed E-state index contributed by atoms with van der Waals surface area (Å²) in [6.45, 7) is 4.07. The van der Waals surface area contributed by atoms with Crippen molar-refractivity contribution in [2.45, 2.75) is 36.7 Å². The Morgan fingerprint density at radius 1 is 0.939 bits per heavy atom. The van der Waals surface area contributed by atoms with Crippen LogP contribution in [0.25, 0.3) is 11.4 Å². The van der Waals surface area contributed by atoms with Crippen molar-refractivity contribution in [3.05, 3.63) is 95.1 Å². The predicted octanol–water partition coefficient (Wildman–Crippen LogP) is 3.54. The molecule has 2 aromatic heterocycles. The Kier molecular flexibility index (Phi) is 4.67. The minimum Gasteiger partial charge on any atom is -0.309 e. The van der Waals surface area contributed by atoms with E-state index >= 15 is 0 Å². The number of aryl methyl sites for hydroxylation is 1. The summed E-state index contributed by atoms with van der Waals surface area (Å²) in [4.78, 5) is 7.04. The molecule has 0 bridgehead atoms. The van der Waals surface area contributed by atoms with E-state index in [9.17, 15) is 8.42 Å². The number of nitrogens with zero attached hydrogens (tertiary/aromatic N) is 5. The van der Waals surface area contributed by atoms with E-state index < -0.39 is 9.84 Å². The summed E-state index contributed by atoms with van der Waals surface area (Å²) < 4.78 is 28.6. The standard InChI is InChI=1S/C25H23N5O2S/c1-17-12-19(14-26-13-17)25-28-27-23-15-29(10-11-30(23)25)24-20-7-3-2-6-18(20)16-33(31,32)22-9-5-4-8-21(22)24/h2-9,12-14,24H,10-11,15-16H2,1H3. The van der Waals surface area contributed by atoms with Crippen LogP contribution in [0.3, 0.4) is 0 Å². The molecule has 1 atom stereocenters. The van der Waals surface area contributed by atoms with E-state index in [1.54, 1.807) is 12.1 Å². The molecule has 0 aliphatic carbocycles. The molecule has 2 aliphatic rings. The molecule has 2 aliphatic heterocycles. The van der Waals surface area contributed by atoms with Crippen LogP contribution >= 0.6 is 0 Å². The molecule has 33 heavy (non-hydrogen) atoms. The fourth-order valence-electron chi connectivity index (χ4n) is 5.05. The Morgan fingerprint density at radius 3 is 2.58 bits per heavy atom. The Labute approximate surface area is 192 Å². The number of pyridine rings is 1. The van der Waals surface area contributed by atoms with Crippen LogP contribution in [-0.2, 0) is 28.7 Å². The highest BCUT2D eigenvalue weighted by Gasteiger charge is 2.36. The maximum absolute atomic E-state index is 13.2. The minimum atomic E-state index is -3.43. The van der Waals surface area contributed by atoms with Crippen LogP contribution in [0, 0.1) is 6.92 Å². The van der Waals surface area contributed by atoms with E-state index in [-0.39, 0.29) is 11.8 Å². The molecule has 4 aromatic rings.